The number of benzene rings is 5. The van der Waals surface area contributed by atoms with Gasteiger partial charge in [-0.25, -0.2) is 4.39 Å². The minimum absolute atomic E-state index is 0.0931. The number of ketones is 1. The zero-order valence-electron chi connectivity index (χ0n) is 28.9. The number of hydrogen-bond acceptors (Lipinski definition) is 7. The summed E-state index contributed by atoms with van der Waals surface area (Å²) in [5, 5.41) is 4.75. The first kappa shape index (κ1) is 36.0. The molecule has 5 aromatic rings. The van der Waals surface area contributed by atoms with Crippen LogP contribution in [0.4, 0.5) is 9.18 Å². The van der Waals surface area contributed by atoms with Crippen LogP contribution in [0, 0.1) is 11.7 Å². The molecule has 2 fully saturated rings. The summed E-state index contributed by atoms with van der Waals surface area (Å²) >= 11 is 0.814. The van der Waals surface area contributed by atoms with Crippen LogP contribution in [0.5, 0.6) is 5.75 Å². The minimum Gasteiger partial charge on any atom is -0.493 e. The van der Waals surface area contributed by atoms with Crippen LogP contribution in [0.3, 0.4) is 0 Å². The number of likely N-dealkylation sites (tertiary alicyclic amines) is 1. The monoisotopic (exact) mass is 739 g/mol. The van der Waals surface area contributed by atoms with Crippen molar-refractivity contribution in [2.45, 2.75) is 12.5 Å². The molecule has 2 aliphatic heterocycles. The van der Waals surface area contributed by atoms with Gasteiger partial charge in [0.1, 0.15) is 11.6 Å². The lowest BCUT2D eigenvalue weighted by molar-refractivity contribution is -0.115. The Labute approximate surface area is 315 Å². The Balaban J connectivity index is 1.10. The van der Waals surface area contributed by atoms with Crippen molar-refractivity contribution in [3.05, 3.63) is 166 Å². The molecule has 0 bridgehead atoms. The van der Waals surface area contributed by atoms with Crippen molar-refractivity contribution in [1.29, 1.82) is 0 Å². The number of halogens is 1. The Bertz CT molecular complexity index is 2260. The molecule has 2 heterocycles. The van der Waals surface area contributed by atoms with E-state index in [9.17, 15) is 28.4 Å². The van der Waals surface area contributed by atoms with E-state index in [1.807, 2.05) is 54.6 Å². The average molecular weight is 740 g/mol. The van der Waals surface area contributed by atoms with Gasteiger partial charge in [-0.3, -0.25) is 29.3 Å². The molecule has 2 aliphatic rings. The van der Waals surface area contributed by atoms with Gasteiger partial charge in [-0.15, -0.1) is 0 Å². The molecule has 2 N–H and O–H groups in total. The molecule has 7 rings (SSSR count). The predicted octanol–water partition coefficient (Wildman–Crippen LogP) is 7.39. The molecule has 0 aromatic heterocycles. The lowest BCUT2D eigenvalue weighted by Crippen LogP contribution is -2.43. The van der Waals surface area contributed by atoms with Crippen LogP contribution in [0.1, 0.15) is 48.6 Å². The maximum atomic E-state index is 14.4. The third-order valence-electron chi connectivity index (χ3n) is 9.33. The highest BCUT2D eigenvalue weighted by Gasteiger charge is 2.37. The molecular weight excluding hydrogens is 706 g/mol. The number of rotatable bonds is 11. The Morgan fingerprint density at radius 3 is 2.20 bits per heavy atom. The smallest absolute Gasteiger partial charge is 0.290 e. The summed E-state index contributed by atoms with van der Waals surface area (Å²) in [5.41, 5.74) is 3.65. The first-order valence-electron chi connectivity index (χ1n) is 17.3. The first-order chi connectivity index (χ1) is 26.2. The molecule has 270 valence electrons. The molecule has 0 spiro atoms. The lowest BCUT2D eigenvalue weighted by atomic mass is 9.97. The van der Waals surface area contributed by atoms with E-state index in [0.29, 0.717) is 36.4 Å². The topological polar surface area (TPSA) is 122 Å². The van der Waals surface area contributed by atoms with Gasteiger partial charge in [0.15, 0.2) is 5.78 Å². The fraction of sp³-hybridized carbons (Fsp3) is 0.140. The molecule has 0 radical (unpaired) electrons. The van der Waals surface area contributed by atoms with E-state index in [-0.39, 0.29) is 45.9 Å². The van der Waals surface area contributed by atoms with E-state index in [1.54, 1.807) is 59.5 Å². The molecule has 0 aliphatic carbocycles. The van der Waals surface area contributed by atoms with Crippen molar-refractivity contribution in [1.82, 2.24) is 15.5 Å². The number of nitrogens with zero attached hydrogens (tertiary/aromatic N) is 1. The summed E-state index contributed by atoms with van der Waals surface area (Å²) in [6.07, 6.45) is 2.10. The van der Waals surface area contributed by atoms with E-state index in [0.717, 1.165) is 22.9 Å². The molecule has 9 nitrogen and oxygen atoms in total. The zero-order chi connectivity index (χ0) is 37.6. The van der Waals surface area contributed by atoms with Gasteiger partial charge in [0.2, 0.25) is 0 Å². The van der Waals surface area contributed by atoms with Crippen molar-refractivity contribution in [3.8, 4) is 16.9 Å². The van der Waals surface area contributed by atoms with E-state index in [1.165, 1.54) is 24.3 Å². The molecular formula is C43H34FN3O6S. The van der Waals surface area contributed by atoms with Crippen LogP contribution < -0.4 is 15.4 Å². The molecule has 2 saturated heterocycles. The number of hydrogen-bond donors (Lipinski definition) is 2. The van der Waals surface area contributed by atoms with Crippen LogP contribution in [0.25, 0.3) is 17.2 Å². The van der Waals surface area contributed by atoms with Gasteiger partial charge < -0.3 is 15.0 Å². The van der Waals surface area contributed by atoms with Crippen molar-refractivity contribution in [3.63, 3.8) is 0 Å². The van der Waals surface area contributed by atoms with Gasteiger partial charge in [-0.2, -0.15) is 0 Å². The summed E-state index contributed by atoms with van der Waals surface area (Å²) in [7, 11) is 0. The van der Waals surface area contributed by atoms with E-state index in [2.05, 4.69) is 10.6 Å². The van der Waals surface area contributed by atoms with Gasteiger partial charge in [0, 0.05) is 47.3 Å². The fourth-order valence-electron chi connectivity index (χ4n) is 6.63. The average Bonchev–Trinajstić information content (AvgIpc) is 3.77. The number of nitrogens with one attached hydrogen (secondary N) is 2. The van der Waals surface area contributed by atoms with E-state index in [4.69, 9.17) is 4.74 Å². The normalized spacial score (nSPS) is 17.4. The highest BCUT2D eigenvalue weighted by Crippen LogP contribution is 2.32. The van der Waals surface area contributed by atoms with Crippen LogP contribution >= 0.6 is 11.8 Å². The van der Waals surface area contributed by atoms with E-state index < -0.39 is 28.8 Å². The van der Waals surface area contributed by atoms with Crippen LogP contribution in [-0.4, -0.2) is 59.4 Å². The standard InChI is InChI=1S/C43H34FN3O6S/c44-32-20-18-30(19-21-32)39(48)35-11-4-5-12-36(35)42(51)47-25-28(26-53-37-13-7-6-10-34(37)29-8-2-1-3-9-29)22-33(47)24-45-40(49)31-16-14-27(15-17-31)23-38-41(50)46-43(52)54-38/h1-21,23,28,33H,22,24-26H2,(H,45,49)(H,46,50,52)/t28-,33+/m1/s1. The second kappa shape index (κ2) is 16.1. The highest BCUT2D eigenvalue weighted by molar-refractivity contribution is 8.18. The summed E-state index contributed by atoms with van der Waals surface area (Å²) in [6, 6.07) is 35.6. The summed E-state index contributed by atoms with van der Waals surface area (Å²) in [5.74, 6) is -1.44. The number of thioether (sulfide) groups is 1. The van der Waals surface area contributed by atoms with Gasteiger partial charge in [-0.1, -0.05) is 78.9 Å². The molecule has 54 heavy (non-hydrogen) atoms. The molecule has 0 saturated carbocycles. The van der Waals surface area contributed by atoms with Crippen LogP contribution in [-0.2, 0) is 4.79 Å². The zero-order valence-corrected chi connectivity index (χ0v) is 29.7. The van der Waals surface area contributed by atoms with Crippen LogP contribution in [0.15, 0.2) is 132 Å². The summed E-state index contributed by atoms with van der Waals surface area (Å²) < 4.78 is 20.0. The fourth-order valence-corrected chi connectivity index (χ4v) is 7.31. The van der Waals surface area contributed by atoms with Crippen molar-refractivity contribution >= 4 is 46.6 Å². The quantitative estimate of drug-likeness (QED) is 0.107. The van der Waals surface area contributed by atoms with Crippen molar-refractivity contribution in [2.24, 2.45) is 5.92 Å². The molecule has 2 atom stereocenters. The highest BCUT2D eigenvalue weighted by atomic mass is 32.2. The van der Waals surface area contributed by atoms with Gasteiger partial charge in [0.25, 0.3) is 23.0 Å². The predicted molar refractivity (Wildman–Crippen MR) is 204 cm³/mol. The van der Waals surface area contributed by atoms with E-state index >= 15 is 0 Å². The summed E-state index contributed by atoms with van der Waals surface area (Å²) in [4.78, 5) is 66.7. The molecule has 5 aromatic carbocycles. The number of imide groups is 1. The number of carbonyl (C=O) groups excluding carboxylic acids is 5. The summed E-state index contributed by atoms with van der Waals surface area (Å²) in [6.45, 7) is 0.775. The number of ether oxygens (including phenoxy) is 1. The lowest BCUT2D eigenvalue weighted by Gasteiger charge is -2.26. The number of amides is 4. The third-order valence-corrected chi connectivity index (χ3v) is 10.1. The first-order valence-corrected chi connectivity index (χ1v) is 18.2. The Kier molecular flexibility index (Phi) is 10.8. The SMILES string of the molecule is O=C1NC(=O)C(=Cc2ccc(C(=O)NC[C@@H]3C[C@@H](COc4ccccc4-c4ccccc4)CN3C(=O)c3ccccc3C(=O)c3ccc(F)cc3)cc2)S1. The molecule has 0 unspecified atom stereocenters. The number of carbonyl (C=O) groups is 5. The van der Waals surface area contributed by atoms with Crippen molar-refractivity contribution in [2.75, 3.05) is 19.7 Å². The second-order valence-electron chi connectivity index (χ2n) is 13.0. The Morgan fingerprint density at radius 1 is 0.815 bits per heavy atom. The van der Waals surface area contributed by atoms with Crippen molar-refractivity contribution < 1.29 is 33.1 Å². The van der Waals surface area contributed by atoms with Crippen LogP contribution in [0.2, 0.25) is 0 Å². The second-order valence-corrected chi connectivity index (χ2v) is 14.0. The number of para-hydroxylation sites is 1. The maximum Gasteiger partial charge on any atom is 0.290 e. The largest absolute Gasteiger partial charge is 0.493 e. The maximum absolute atomic E-state index is 14.4. The third kappa shape index (κ3) is 8.16. The Hall–Kier alpha value is -6.33. The molecule has 11 heteroatoms. The Morgan fingerprint density at radius 2 is 1.48 bits per heavy atom. The minimum atomic E-state index is -0.472. The van der Waals surface area contributed by atoms with Gasteiger partial charge in [0.05, 0.1) is 17.1 Å². The van der Waals surface area contributed by atoms with Gasteiger partial charge >= 0.3 is 0 Å². The van der Waals surface area contributed by atoms with Gasteiger partial charge in [-0.05, 0) is 83.9 Å². The molecule has 4 amide bonds.